The Balaban J connectivity index is 1.36. The Morgan fingerprint density at radius 1 is 1.12 bits per heavy atom. The smallest absolute Gasteiger partial charge is 0.407 e. The molecule has 0 atom stereocenters. The molecule has 1 saturated heterocycles. The number of benzene rings is 1. The van der Waals surface area contributed by atoms with Gasteiger partial charge in [-0.2, -0.15) is 13.8 Å². The van der Waals surface area contributed by atoms with Crippen LogP contribution in [0.2, 0.25) is 0 Å². The molecule has 1 saturated carbocycles. The predicted octanol–water partition coefficient (Wildman–Crippen LogP) is 3.85. The first-order valence-corrected chi connectivity index (χ1v) is 14.1. The Hall–Kier alpha value is -4.23. The highest BCUT2D eigenvalue weighted by Gasteiger charge is 2.48. The van der Waals surface area contributed by atoms with Crippen LogP contribution in [0.25, 0.3) is 0 Å². The lowest BCUT2D eigenvalue weighted by Gasteiger charge is -2.35. The minimum Gasteiger partial charge on any atom is -0.495 e. The van der Waals surface area contributed by atoms with E-state index in [0.717, 1.165) is 37.0 Å². The summed E-state index contributed by atoms with van der Waals surface area (Å²) in [6.45, 7) is -0.0488. The van der Waals surface area contributed by atoms with Crippen LogP contribution in [0.1, 0.15) is 55.3 Å². The van der Waals surface area contributed by atoms with Gasteiger partial charge in [-0.15, -0.1) is 0 Å². The summed E-state index contributed by atoms with van der Waals surface area (Å²) in [6.07, 6.45) is 5.79. The maximum Gasteiger partial charge on any atom is 0.407 e. The zero-order chi connectivity index (χ0) is 30.0. The molecule has 226 valence electrons. The number of carbonyl (C=O) groups excluding carboxylic acids is 2. The van der Waals surface area contributed by atoms with Gasteiger partial charge in [-0.1, -0.05) is 19.3 Å². The molecule has 1 aromatic heterocycles. The average Bonchev–Trinajstić information content (AvgIpc) is 3.06. The topological polar surface area (TPSA) is 140 Å². The van der Waals surface area contributed by atoms with Crippen molar-refractivity contribution in [3.63, 3.8) is 0 Å². The van der Waals surface area contributed by atoms with Gasteiger partial charge in [-0.3, -0.25) is 9.59 Å². The van der Waals surface area contributed by atoms with Crippen LogP contribution in [0.3, 0.4) is 0 Å². The third kappa shape index (κ3) is 6.02. The molecule has 1 aliphatic carbocycles. The van der Waals surface area contributed by atoms with Gasteiger partial charge in [0.1, 0.15) is 11.4 Å². The van der Waals surface area contributed by atoms with Crippen molar-refractivity contribution < 1.29 is 33.0 Å². The monoisotopic (exact) mass is 587 g/mol. The number of hydrogen-bond donors (Lipinski definition) is 3. The van der Waals surface area contributed by atoms with E-state index in [-0.39, 0.29) is 35.4 Å². The summed E-state index contributed by atoms with van der Waals surface area (Å²) < 4.78 is 35.4. The highest BCUT2D eigenvalue weighted by atomic mass is 19.3. The highest BCUT2D eigenvalue weighted by molar-refractivity contribution is 6.02. The van der Waals surface area contributed by atoms with Gasteiger partial charge in [-0.25, -0.2) is 9.78 Å². The molecule has 3 N–H and O–H groups in total. The van der Waals surface area contributed by atoms with Crippen molar-refractivity contribution in [1.29, 1.82) is 0 Å². The van der Waals surface area contributed by atoms with Gasteiger partial charge in [0.2, 0.25) is 5.95 Å². The molecule has 42 heavy (non-hydrogen) atoms. The number of ether oxygens (including phenoxy) is 1. The van der Waals surface area contributed by atoms with E-state index in [4.69, 9.17) is 9.84 Å². The second-order valence-corrected chi connectivity index (χ2v) is 10.9. The van der Waals surface area contributed by atoms with Crippen molar-refractivity contribution in [2.24, 2.45) is 0 Å². The van der Waals surface area contributed by atoms with Crippen molar-refractivity contribution in [3.05, 3.63) is 30.0 Å². The molecule has 0 unspecified atom stereocenters. The third-order valence-electron chi connectivity index (χ3n) is 8.20. The number of aromatic nitrogens is 2. The SMILES string of the molecule is COc1cc(C(=O)NC2CCN(C(=O)O)CC2)ccc1Nc1ncc2c(n1)N(C1CCCCC1)CC(F)(F)C(=O)N2C. The molecule has 14 heteroatoms. The average molecular weight is 588 g/mol. The van der Waals surface area contributed by atoms with Gasteiger partial charge >= 0.3 is 12.0 Å². The van der Waals surface area contributed by atoms with Gasteiger partial charge in [0.15, 0.2) is 5.82 Å². The molecule has 5 rings (SSSR count). The molecule has 0 radical (unpaired) electrons. The molecular formula is C28H35F2N7O5. The van der Waals surface area contributed by atoms with E-state index in [2.05, 4.69) is 20.6 Å². The fourth-order valence-corrected chi connectivity index (χ4v) is 5.82. The number of rotatable bonds is 6. The molecule has 2 fully saturated rings. The minimum atomic E-state index is -3.58. The van der Waals surface area contributed by atoms with Crippen LogP contribution >= 0.6 is 0 Å². The van der Waals surface area contributed by atoms with Gasteiger partial charge in [0.25, 0.3) is 11.8 Å². The van der Waals surface area contributed by atoms with E-state index in [9.17, 15) is 23.2 Å². The highest BCUT2D eigenvalue weighted by Crippen LogP contribution is 2.39. The number of carboxylic acid groups (broad SMARTS) is 1. The number of anilines is 4. The van der Waals surface area contributed by atoms with Crippen molar-refractivity contribution in [2.45, 2.75) is 63.0 Å². The van der Waals surface area contributed by atoms with E-state index in [1.54, 1.807) is 23.1 Å². The maximum absolute atomic E-state index is 15.0. The minimum absolute atomic E-state index is 0.126. The first-order valence-electron chi connectivity index (χ1n) is 14.1. The first-order chi connectivity index (χ1) is 20.1. The number of nitrogens with zero attached hydrogens (tertiary/aromatic N) is 5. The summed E-state index contributed by atoms with van der Waals surface area (Å²) in [4.78, 5) is 49.3. The van der Waals surface area contributed by atoms with Crippen LogP contribution < -0.4 is 25.2 Å². The molecule has 3 amide bonds. The third-order valence-corrected chi connectivity index (χ3v) is 8.20. The van der Waals surface area contributed by atoms with Gasteiger partial charge in [0.05, 0.1) is 25.5 Å². The molecule has 12 nitrogen and oxygen atoms in total. The number of fused-ring (bicyclic) bond motifs is 1. The van der Waals surface area contributed by atoms with Crippen molar-refractivity contribution in [1.82, 2.24) is 20.2 Å². The summed E-state index contributed by atoms with van der Waals surface area (Å²) in [6, 6.07) is 4.49. The molecule has 3 heterocycles. The van der Waals surface area contributed by atoms with Crippen molar-refractivity contribution in [3.8, 4) is 5.75 Å². The number of carbonyl (C=O) groups is 3. The Bertz CT molecular complexity index is 1350. The van der Waals surface area contributed by atoms with Gasteiger partial charge in [0, 0.05) is 37.8 Å². The Kier molecular flexibility index (Phi) is 8.32. The summed E-state index contributed by atoms with van der Waals surface area (Å²) >= 11 is 0. The standard InChI is InChI=1S/C28H35F2N7O5/c1-35-21-15-31-26(34-23(21)37(16-28(29,30)25(35)39)19-6-4-3-5-7-19)33-20-9-8-17(14-22(20)42-2)24(38)32-18-10-12-36(13-11-18)27(40)41/h8-9,14-15,18-19H,3-7,10-13,16H2,1-2H3,(H,32,38)(H,40,41)(H,31,33,34). The summed E-state index contributed by atoms with van der Waals surface area (Å²) in [5.74, 6) is -4.46. The molecule has 2 aliphatic heterocycles. The second-order valence-electron chi connectivity index (χ2n) is 10.9. The second kappa shape index (κ2) is 11.9. The maximum atomic E-state index is 15.0. The van der Waals surface area contributed by atoms with Crippen LogP contribution in [0, 0.1) is 0 Å². The molecule has 3 aliphatic rings. The van der Waals surface area contributed by atoms with E-state index in [1.807, 2.05) is 0 Å². The van der Waals surface area contributed by atoms with Crippen LogP contribution in [0.4, 0.5) is 36.7 Å². The number of alkyl halides is 2. The number of likely N-dealkylation sites (tertiary alicyclic amines) is 1. The zero-order valence-corrected chi connectivity index (χ0v) is 23.6. The number of methoxy groups -OCH3 is 1. The number of nitrogens with one attached hydrogen (secondary N) is 2. The Morgan fingerprint density at radius 2 is 1.83 bits per heavy atom. The lowest BCUT2D eigenvalue weighted by molar-refractivity contribution is -0.140. The quantitative estimate of drug-likeness (QED) is 0.460. The summed E-state index contributed by atoms with van der Waals surface area (Å²) in [5, 5.41) is 15.1. The first kappa shape index (κ1) is 29.3. The largest absolute Gasteiger partial charge is 0.495 e. The van der Waals surface area contributed by atoms with E-state index in [1.165, 1.54) is 25.3 Å². The Morgan fingerprint density at radius 3 is 2.50 bits per heavy atom. The van der Waals surface area contributed by atoms with Crippen LogP contribution in [0.15, 0.2) is 24.4 Å². The molecule has 0 spiro atoms. The van der Waals surface area contributed by atoms with Crippen LogP contribution in [-0.2, 0) is 4.79 Å². The molecular weight excluding hydrogens is 552 g/mol. The summed E-state index contributed by atoms with van der Waals surface area (Å²) in [5.41, 5.74) is 1.02. The van der Waals surface area contributed by atoms with E-state index >= 15 is 0 Å². The number of halogens is 2. The lowest BCUT2D eigenvalue weighted by atomic mass is 9.94. The Labute approximate surface area is 242 Å². The molecule has 0 bridgehead atoms. The lowest BCUT2D eigenvalue weighted by Crippen LogP contribution is -2.49. The zero-order valence-electron chi connectivity index (χ0n) is 23.6. The number of hydrogen-bond acceptors (Lipinski definition) is 8. The van der Waals surface area contributed by atoms with Crippen molar-refractivity contribution >= 4 is 41.0 Å². The van der Waals surface area contributed by atoms with Crippen LogP contribution in [-0.4, -0.2) is 89.7 Å². The predicted molar refractivity (Wildman–Crippen MR) is 151 cm³/mol. The number of amides is 3. The van der Waals surface area contributed by atoms with E-state index < -0.39 is 24.5 Å². The normalized spacial score (nSPS) is 19.6. The molecule has 2 aromatic rings. The fraction of sp³-hybridized carbons (Fsp3) is 0.536. The number of piperidine rings is 1. The van der Waals surface area contributed by atoms with E-state index in [0.29, 0.717) is 42.9 Å². The molecule has 1 aromatic carbocycles. The van der Waals surface area contributed by atoms with Crippen LogP contribution in [0.5, 0.6) is 5.75 Å². The fourth-order valence-electron chi connectivity index (χ4n) is 5.82. The van der Waals surface area contributed by atoms with Crippen molar-refractivity contribution in [2.75, 3.05) is 48.9 Å². The van der Waals surface area contributed by atoms with Gasteiger partial charge in [-0.05, 0) is 43.9 Å². The summed E-state index contributed by atoms with van der Waals surface area (Å²) in [7, 11) is 2.76. The van der Waals surface area contributed by atoms with Gasteiger partial charge < -0.3 is 35.2 Å².